The minimum atomic E-state index is -0.187. The van der Waals surface area contributed by atoms with Crippen LogP contribution in [-0.4, -0.2) is 9.78 Å². The molecule has 0 aliphatic carbocycles. The second-order valence-electron chi connectivity index (χ2n) is 5.34. The maximum atomic E-state index is 6.51. The van der Waals surface area contributed by atoms with Crippen molar-refractivity contribution in [2.24, 2.45) is 5.73 Å². The molecule has 0 amide bonds. The van der Waals surface area contributed by atoms with Gasteiger partial charge in [-0.15, -0.1) is 0 Å². The van der Waals surface area contributed by atoms with Crippen LogP contribution in [0.3, 0.4) is 0 Å². The van der Waals surface area contributed by atoms with Crippen LogP contribution in [-0.2, 0) is 0 Å². The molecule has 21 heavy (non-hydrogen) atoms. The van der Waals surface area contributed by atoms with Crippen LogP contribution in [0.4, 0.5) is 0 Å². The highest BCUT2D eigenvalue weighted by Gasteiger charge is 2.16. The molecule has 0 radical (unpaired) electrons. The Bertz CT molecular complexity index is 744. The van der Waals surface area contributed by atoms with E-state index in [0.717, 1.165) is 16.9 Å². The first kappa shape index (κ1) is 13.6. The van der Waals surface area contributed by atoms with E-state index in [1.165, 1.54) is 11.1 Å². The Morgan fingerprint density at radius 2 is 1.76 bits per heavy atom. The quantitative estimate of drug-likeness (QED) is 0.795. The number of nitrogens with two attached hydrogens (primary N) is 1. The Labute approximate surface area is 125 Å². The minimum absolute atomic E-state index is 0.187. The monoisotopic (exact) mass is 277 g/mol. The molecule has 0 bridgehead atoms. The number of hydrogen-bond donors (Lipinski definition) is 1. The van der Waals surface area contributed by atoms with Gasteiger partial charge >= 0.3 is 0 Å². The molecule has 3 nitrogen and oxygen atoms in total. The summed E-state index contributed by atoms with van der Waals surface area (Å²) in [5.41, 5.74) is 12.1. The number of rotatable bonds is 3. The number of aryl methyl sites for hydroxylation is 2. The van der Waals surface area contributed by atoms with Crippen molar-refractivity contribution in [3.05, 3.63) is 83.2 Å². The van der Waals surface area contributed by atoms with Crippen LogP contribution in [0.5, 0.6) is 0 Å². The molecule has 1 unspecified atom stereocenters. The van der Waals surface area contributed by atoms with E-state index in [-0.39, 0.29) is 6.04 Å². The fourth-order valence-corrected chi connectivity index (χ4v) is 2.59. The van der Waals surface area contributed by atoms with Crippen molar-refractivity contribution in [3.8, 4) is 5.69 Å². The van der Waals surface area contributed by atoms with E-state index in [9.17, 15) is 0 Å². The van der Waals surface area contributed by atoms with E-state index >= 15 is 0 Å². The number of aromatic nitrogens is 2. The van der Waals surface area contributed by atoms with Gasteiger partial charge < -0.3 is 5.73 Å². The zero-order valence-corrected chi connectivity index (χ0v) is 12.3. The highest BCUT2D eigenvalue weighted by molar-refractivity contribution is 5.40. The van der Waals surface area contributed by atoms with Crippen LogP contribution in [0.25, 0.3) is 5.69 Å². The predicted octanol–water partition coefficient (Wildman–Crippen LogP) is 3.54. The van der Waals surface area contributed by atoms with Gasteiger partial charge in [0.1, 0.15) is 0 Å². The summed E-state index contributed by atoms with van der Waals surface area (Å²) in [7, 11) is 0. The zero-order chi connectivity index (χ0) is 14.8. The van der Waals surface area contributed by atoms with Gasteiger partial charge in [0.15, 0.2) is 0 Å². The Hall–Kier alpha value is -2.39. The molecule has 1 heterocycles. The van der Waals surface area contributed by atoms with E-state index < -0.39 is 0 Å². The number of benzene rings is 2. The van der Waals surface area contributed by atoms with Crippen LogP contribution >= 0.6 is 0 Å². The number of hydrogen-bond acceptors (Lipinski definition) is 2. The van der Waals surface area contributed by atoms with E-state index in [1.54, 1.807) is 6.20 Å². The molecule has 0 fully saturated rings. The number of para-hydroxylation sites is 1. The first-order valence-electron chi connectivity index (χ1n) is 7.09. The summed E-state index contributed by atoms with van der Waals surface area (Å²) >= 11 is 0. The minimum Gasteiger partial charge on any atom is -0.319 e. The van der Waals surface area contributed by atoms with Crippen molar-refractivity contribution in [2.45, 2.75) is 19.9 Å². The Morgan fingerprint density at radius 3 is 2.52 bits per heavy atom. The average Bonchev–Trinajstić information content (AvgIpc) is 2.99. The lowest BCUT2D eigenvalue weighted by Gasteiger charge is -2.17. The summed E-state index contributed by atoms with van der Waals surface area (Å²) in [6.07, 6.45) is 1.80. The van der Waals surface area contributed by atoms with Gasteiger partial charge in [0.25, 0.3) is 0 Å². The summed E-state index contributed by atoms with van der Waals surface area (Å²) in [5.74, 6) is 0. The summed E-state index contributed by atoms with van der Waals surface area (Å²) in [6.45, 7) is 4.18. The second-order valence-corrected chi connectivity index (χ2v) is 5.34. The van der Waals surface area contributed by atoms with Crippen LogP contribution < -0.4 is 5.73 Å². The highest BCUT2D eigenvalue weighted by atomic mass is 15.3. The molecular formula is C18H19N3. The SMILES string of the molecule is Cc1ccc(C)c(C(N)c2ccnn2-c2ccccc2)c1. The normalized spacial score (nSPS) is 12.3. The molecule has 0 aliphatic heterocycles. The summed E-state index contributed by atoms with van der Waals surface area (Å²) in [6, 6.07) is 18.3. The molecule has 1 atom stereocenters. The molecule has 0 saturated carbocycles. The van der Waals surface area contributed by atoms with Gasteiger partial charge in [-0.3, -0.25) is 0 Å². The van der Waals surface area contributed by atoms with Gasteiger partial charge in [0, 0.05) is 6.20 Å². The van der Waals surface area contributed by atoms with Crippen molar-refractivity contribution < 1.29 is 0 Å². The van der Waals surface area contributed by atoms with Gasteiger partial charge in [-0.2, -0.15) is 5.10 Å². The van der Waals surface area contributed by atoms with Gasteiger partial charge in [-0.05, 0) is 43.2 Å². The standard InChI is InChI=1S/C18H19N3/c1-13-8-9-14(2)16(12-13)18(19)17-10-11-20-21(17)15-6-4-3-5-7-15/h3-12,18H,19H2,1-2H3. The molecule has 0 saturated heterocycles. The molecule has 3 aromatic rings. The van der Waals surface area contributed by atoms with E-state index in [4.69, 9.17) is 5.73 Å². The van der Waals surface area contributed by atoms with E-state index in [2.05, 4.69) is 37.1 Å². The predicted molar refractivity (Wildman–Crippen MR) is 85.5 cm³/mol. The third-order valence-corrected chi connectivity index (χ3v) is 3.76. The van der Waals surface area contributed by atoms with E-state index in [0.29, 0.717) is 0 Å². The van der Waals surface area contributed by atoms with Gasteiger partial charge in [-0.25, -0.2) is 4.68 Å². The van der Waals surface area contributed by atoms with Crippen LogP contribution in [0, 0.1) is 13.8 Å². The molecule has 106 valence electrons. The Kier molecular flexibility index (Phi) is 3.59. The van der Waals surface area contributed by atoms with Crippen LogP contribution in [0.2, 0.25) is 0 Å². The summed E-state index contributed by atoms with van der Waals surface area (Å²) in [4.78, 5) is 0. The first-order chi connectivity index (χ1) is 10.2. The fourth-order valence-electron chi connectivity index (χ4n) is 2.59. The summed E-state index contributed by atoms with van der Waals surface area (Å²) in [5, 5.41) is 4.42. The Balaban J connectivity index is 2.06. The summed E-state index contributed by atoms with van der Waals surface area (Å²) < 4.78 is 1.91. The van der Waals surface area contributed by atoms with Crippen molar-refractivity contribution in [2.75, 3.05) is 0 Å². The van der Waals surface area contributed by atoms with Gasteiger partial charge in [0.2, 0.25) is 0 Å². The van der Waals surface area contributed by atoms with Gasteiger partial charge in [-0.1, -0.05) is 42.0 Å². The maximum absolute atomic E-state index is 6.51. The lowest BCUT2D eigenvalue weighted by molar-refractivity contribution is 0.735. The molecule has 3 heteroatoms. The van der Waals surface area contributed by atoms with Crippen molar-refractivity contribution >= 4 is 0 Å². The van der Waals surface area contributed by atoms with Crippen LogP contribution in [0.15, 0.2) is 60.8 Å². The largest absolute Gasteiger partial charge is 0.319 e. The molecule has 3 rings (SSSR count). The van der Waals surface area contributed by atoms with Crippen molar-refractivity contribution in [1.29, 1.82) is 0 Å². The van der Waals surface area contributed by atoms with Crippen molar-refractivity contribution in [1.82, 2.24) is 9.78 Å². The van der Waals surface area contributed by atoms with Crippen molar-refractivity contribution in [3.63, 3.8) is 0 Å². The molecule has 2 aromatic carbocycles. The van der Waals surface area contributed by atoms with Gasteiger partial charge in [0.05, 0.1) is 17.4 Å². The topological polar surface area (TPSA) is 43.8 Å². The zero-order valence-electron chi connectivity index (χ0n) is 12.3. The first-order valence-corrected chi connectivity index (χ1v) is 7.09. The third kappa shape index (κ3) is 2.60. The highest BCUT2D eigenvalue weighted by Crippen LogP contribution is 2.25. The lowest BCUT2D eigenvalue weighted by atomic mass is 9.97. The molecule has 0 aliphatic rings. The molecular weight excluding hydrogens is 258 g/mol. The third-order valence-electron chi connectivity index (χ3n) is 3.76. The lowest BCUT2D eigenvalue weighted by Crippen LogP contribution is -2.18. The molecule has 1 aromatic heterocycles. The maximum Gasteiger partial charge on any atom is 0.0730 e. The molecule has 0 spiro atoms. The number of nitrogens with zero attached hydrogens (tertiary/aromatic N) is 2. The fraction of sp³-hybridized carbons (Fsp3) is 0.167. The molecule has 2 N–H and O–H groups in total. The Morgan fingerprint density at radius 1 is 1.00 bits per heavy atom. The average molecular weight is 277 g/mol. The van der Waals surface area contributed by atoms with Crippen LogP contribution in [0.1, 0.15) is 28.4 Å². The van der Waals surface area contributed by atoms with E-state index in [1.807, 2.05) is 41.1 Å². The second kappa shape index (κ2) is 5.54. The smallest absolute Gasteiger partial charge is 0.0730 e.